The minimum absolute atomic E-state index is 0.0968. The monoisotopic (exact) mass is 393 g/mol. The molecule has 8 nitrogen and oxygen atoms in total. The lowest BCUT2D eigenvalue weighted by Crippen LogP contribution is -2.71. The zero-order chi connectivity index (χ0) is 19.6. The molecule has 4 aliphatic heterocycles. The fourth-order valence-electron chi connectivity index (χ4n) is 5.11. The van der Waals surface area contributed by atoms with Gasteiger partial charge in [-0.25, -0.2) is 9.97 Å². The number of fused-ring (bicyclic) bond motifs is 2. The third kappa shape index (κ3) is 2.73. The highest BCUT2D eigenvalue weighted by Gasteiger charge is 2.51. The highest BCUT2D eigenvalue weighted by molar-refractivity contribution is 5.96. The van der Waals surface area contributed by atoms with Crippen molar-refractivity contribution in [2.75, 3.05) is 51.5 Å². The number of likely N-dealkylation sites (tertiary alicyclic amines) is 1. The molecule has 0 aliphatic carbocycles. The number of carbonyl (C=O) groups is 1. The summed E-state index contributed by atoms with van der Waals surface area (Å²) in [6.45, 7) is 5.19. The number of aromatic nitrogens is 2. The summed E-state index contributed by atoms with van der Waals surface area (Å²) in [6.07, 6.45) is 1.33. The van der Waals surface area contributed by atoms with E-state index >= 15 is 0 Å². The molecule has 0 atom stereocenters. The summed E-state index contributed by atoms with van der Waals surface area (Å²) < 4.78 is 10.9. The van der Waals surface area contributed by atoms with Crippen molar-refractivity contribution in [2.45, 2.75) is 12.8 Å². The topological polar surface area (TPSA) is 79.8 Å². The van der Waals surface area contributed by atoms with Crippen LogP contribution >= 0.6 is 0 Å². The maximum Gasteiger partial charge on any atom is 0.270 e. The number of benzene rings is 1. The number of amides is 1. The standard InChI is InChI=1S/C21H23N5O3/c1-25-8-21(9-25)10-26(11-21)19-14-4-5-22-20(27)18(14)23-17(24-19)7-13-2-3-15-16(6-13)29-12-28-15/h2-3,6H,4-5,7-12H2,1H3,(H,22,27). The summed E-state index contributed by atoms with van der Waals surface area (Å²) in [5, 5.41) is 2.92. The molecule has 8 heteroatoms. The van der Waals surface area contributed by atoms with Crippen LogP contribution in [0.25, 0.3) is 0 Å². The van der Waals surface area contributed by atoms with Gasteiger partial charge < -0.3 is 24.6 Å². The van der Waals surface area contributed by atoms with Gasteiger partial charge in [0.25, 0.3) is 5.91 Å². The lowest BCUT2D eigenvalue weighted by atomic mass is 9.73. The van der Waals surface area contributed by atoms with Crippen molar-refractivity contribution in [1.29, 1.82) is 0 Å². The number of nitrogens with zero attached hydrogens (tertiary/aromatic N) is 4. The van der Waals surface area contributed by atoms with E-state index in [0.717, 1.165) is 61.0 Å². The van der Waals surface area contributed by atoms with Gasteiger partial charge in [0.2, 0.25) is 6.79 Å². The van der Waals surface area contributed by atoms with Crippen LogP contribution in [0.4, 0.5) is 5.82 Å². The quantitative estimate of drug-likeness (QED) is 0.828. The third-order valence-electron chi connectivity index (χ3n) is 6.27. The van der Waals surface area contributed by atoms with E-state index in [1.165, 1.54) is 0 Å². The van der Waals surface area contributed by atoms with Crippen molar-refractivity contribution in [3.05, 3.63) is 40.8 Å². The Bertz CT molecular complexity index is 1010. The minimum Gasteiger partial charge on any atom is -0.454 e. The third-order valence-corrected chi connectivity index (χ3v) is 6.27. The molecule has 29 heavy (non-hydrogen) atoms. The molecule has 0 radical (unpaired) electrons. The van der Waals surface area contributed by atoms with Crippen LogP contribution in [0, 0.1) is 5.41 Å². The Morgan fingerprint density at radius 3 is 2.79 bits per heavy atom. The number of anilines is 1. The van der Waals surface area contributed by atoms with E-state index in [-0.39, 0.29) is 12.7 Å². The Balaban J connectivity index is 1.32. The van der Waals surface area contributed by atoms with E-state index in [9.17, 15) is 4.79 Å². The summed E-state index contributed by atoms with van der Waals surface area (Å²) in [7, 11) is 2.16. The Morgan fingerprint density at radius 1 is 1.14 bits per heavy atom. The number of ether oxygens (including phenoxy) is 2. The molecule has 2 fully saturated rings. The highest BCUT2D eigenvalue weighted by Crippen LogP contribution is 2.42. The van der Waals surface area contributed by atoms with Gasteiger partial charge >= 0.3 is 0 Å². The van der Waals surface area contributed by atoms with Gasteiger partial charge in [0.1, 0.15) is 17.3 Å². The molecular weight excluding hydrogens is 370 g/mol. The lowest BCUT2D eigenvalue weighted by Gasteiger charge is -2.60. The van der Waals surface area contributed by atoms with Gasteiger partial charge in [0.05, 0.1) is 0 Å². The molecule has 1 spiro atoms. The van der Waals surface area contributed by atoms with Crippen LogP contribution in [0.3, 0.4) is 0 Å². The van der Waals surface area contributed by atoms with Crippen LogP contribution in [0.5, 0.6) is 11.5 Å². The van der Waals surface area contributed by atoms with Crippen LogP contribution in [0.1, 0.15) is 27.4 Å². The van der Waals surface area contributed by atoms with Crippen molar-refractivity contribution in [3.63, 3.8) is 0 Å². The van der Waals surface area contributed by atoms with Crippen molar-refractivity contribution in [3.8, 4) is 11.5 Å². The van der Waals surface area contributed by atoms with Crippen LogP contribution in [-0.4, -0.2) is 67.3 Å². The molecule has 1 aromatic carbocycles. The van der Waals surface area contributed by atoms with Gasteiger partial charge in [-0.2, -0.15) is 0 Å². The molecule has 1 aromatic heterocycles. The number of rotatable bonds is 3. The van der Waals surface area contributed by atoms with Crippen molar-refractivity contribution < 1.29 is 14.3 Å². The fourth-order valence-corrected chi connectivity index (χ4v) is 5.11. The number of hydrogen-bond donors (Lipinski definition) is 1. The molecule has 5 heterocycles. The van der Waals surface area contributed by atoms with E-state index in [2.05, 4.69) is 27.1 Å². The molecule has 1 amide bonds. The largest absolute Gasteiger partial charge is 0.454 e. The van der Waals surface area contributed by atoms with E-state index in [0.29, 0.717) is 29.9 Å². The van der Waals surface area contributed by atoms with Gasteiger partial charge in [-0.3, -0.25) is 4.79 Å². The first kappa shape index (κ1) is 17.0. The summed E-state index contributed by atoms with van der Waals surface area (Å²) in [5.41, 5.74) is 2.97. The van der Waals surface area contributed by atoms with E-state index < -0.39 is 0 Å². The SMILES string of the molecule is CN1CC2(C1)CN(c1nc(Cc3ccc4c(c3)OCO4)nc3c1CCNC3=O)C2. The van der Waals surface area contributed by atoms with Gasteiger partial charge in [0, 0.05) is 50.1 Å². The maximum absolute atomic E-state index is 12.5. The van der Waals surface area contributed by atoms with Crippen LogP contribution in [0.15, 0.2) is 18.2 Å². The zero-order valence-corrected chi connectivity index (χ0v) is 16.4. The molecule has 2 aromatic rings. The first-order valence-electron chi connectivity index (χ1n) is 10.1. The summed E-state index contributed by atoms with van der Waals surface area (Å²) in [4.78, 5) is 26.7. The second-order valence-electron chi connectivity index (χ2n) is 8.69. The highest BCUT2D eigenvalue weighted by atomic mass is 16.7. The molecular formula is C21H23N5O3. The average molecular weight is 393 g/mol. The van der Waals surface area contributed by atoms with E-state index in [4.69, 9.17) is 14.5 Å². The first-order chi connectivity index (χ1) is 14.1. The Labute approximate surface area is 168 Å². The summed E-state index contributed by atoms with van der Waals surface area (Å²) >= 11 is 0. The molecule has 2 saturated heterocycles. The first-order valence-corrected chi connectivity index (χ1v) is 10.1. The Kier molecular flexibility index (Phi) is 3.56. The van der Waals surface area contributed by atoms with Crippen LogP contribution in [-0.2, 0) is 12.8 Å². The number of hydrogen-bond acceptors (Lipinski definition) is 7. The summed E-state index contributed by atoms with van der Waals surface area (Å²) in [6, 6.07) is 5.88. The van der Waals surface area contributed by atoms with Crippen molar-refractivity contribution in [1.82, 2.24) is 20.2 Å². The second-order valence-corrected chi connectivity index (χ2v) is 8.69. The molecule has 0 unspecified atom stereocenters. The Morgan fingerprint density at radius 2 is 1.97 bits per heavy atom. The van der Waals surface area contributed by atoms with Crippen LogP contribution in [0.2, 0.25) is 0 Å². The average Bonchev–Trinajstić information content (AvgIpc) is 3.12. The van der Waals surface area contributed by atoms with E-state index in [1.807, 2.05) is 18.2 Å². The van der Waals surface area contributed by atoms with Gasteiger partial charge in [-0.1, -0.05) is 6.07 Å². The molecule has 6 rings (SSSR count). The smallest absolute Gasteiger partial charge is 0.270 e. The zero-order valence-electron chi connectivity index (χ0n) is 16.4. The fraction of sp³-hybridized carbons (Fsp3) is 0.476. The van der Waals surface area contributed by atoms with Crippen molar-refractivity contribution >= 4 is 11.7 Å². The molecule has 0 saturated carbocycles. The molecule has 4 aliphatic rings. The maximum atomic E-state index is 12.5. The van der Waals surface area contributed by atoms with E-state index in [1.54, 1.807) is 0 Å². The van der Waals surface area contributed by atoms with Gasteiger partial charge in [0.15, 0.2) is 11.5 Å². The molecule has 1 N–H and O–H groups in total. The lowest BCUT2D eigenvalue weighted by molar-refractivity contribution is -0.00293. The predicted molar refractivity (Wildman–Crippen MR) is 106 cm³/mol. The van der Waals surface area contributed by atoms with Gasteiger partial charge in [-0.05, 0) is 31.2 Å². The minimum atomic E-state index is -0.0968. The number of carbonyl (C=O) groups excluding carboxylic acids is 1. The second kappa shape index (κ2) is 6.06. The predicted octanol–water partition coefficient (Wildman–Crippen LogP) is 0.834. The van der Waals surface area contributed by atoms with Crippen LogP contribution < -0.4 is 19.7 Å². The molecule has 150 valence electrons. The number of nitrogens with one attached hydrogen (secondary N) is 1. The summed E-state index contributed by atoms with van der Waals surface area (Å²) in [5.74, 6) is 3.02. The Hall–Kier alpha value is -2.87. The van der Waals surface area contributed by atoms with Gasteiger partial charge in [-0.15, -0.1) is 0 Å². The molecule has 0 bridgehead atoms. The van der Waals surface area contributed by atoms with Crippen molar-refractivity contribution in [2.24, 2.45) is 5.41 Å². The normalized spacial score (nSPS) is 21.4.